The summed E-state index contributed by atoms with van der Waals surface area (Å²) in [5, 5.41) is 12.3. The second-order valence-corrected chi connectivity index (χ2v) is 6.51. The Balaban J connectivity index is 2.73. The maximum absolute atomic E-state index is 12.6. The standard InChI is InChI=1S/C15H30N2O2/c1-4-14(3,9-10-18)17-13(19)15(11-16)7-5-12(2)6-8-15/h12,18H,4-11,16H2,1-3H3,(H,17,19). The second-order valence-electron chi connectivity index (χ2n) is 6.51. The second kappa shape index (κ2) is 6.71. The van der Waals surface area contributed by atoms with Crippen molar-refractivity contribution in [3.05, 3.63) is 0 Å². The fraction of sp³-hybridized carbons (Fsp3) is 0.933. The molecule has 0 spiro atoms. The van der Waals surface area contributed by atoms with Gasteiger partial charge in [-0.05, 0) is 51.4 Å². The molecule has 1 saturated carbocycles. The molecule has 1 unspecified atom stereocenters. The summed E-state index contributed by atoms with van der Waals surface area (Å²) in [6.07, 6.45) is 5.33. The van der Waals surface area contributed by atoms with Crippen LogP contribution in [0.25, 0.3) is 0 Å². The number of rotatable bonds is 6. The third-order valence-electron chi connectivity index (χ3n) is 4.96. The highest BCUT2D eigenvalue weighted by molar-refractivity contribution is 5.83. The van der Waals surface area contributed by atoms with E-state index in [4.69, 9.17) is 10.8 Å². The normalized spacial score (nSPS) is 30.7. The van der Waals surface area contributed by atoms with Crippen molar-refractivity contribution in [3.63, 3.8) is 0 Å². The molecule has 4 N–H and O–H groups in total. The Morgan fingerprint density at radius 3 is 2.47 bits per heavy atom. The van der Waals surface area contributed by atoms with Gasteiger partial charge in [-0.1, -0.05) is 13.8 Å². The first-order valence-electron chi connectivity index (χ1n) is 7.55. The Morgan fingerprint density at radius 1 is 1.47 bits per heavy atom. The molecule has 0 heterocycles. The molecule has 4 nitrogen and oxygen atoms in total. The molecule has 4 heteroatoms. The molecule has 0 aromatic heterocycles. The summed E-state index contributed by atoms with van der Waals surface area (Å²) in [5.74, 6) is 0.780. The first kappa shape index (κ1) is 16.4. The van der Waals surface area contributed by atoms with Crippen molar-refractivity contribution in [2.24, 2.45) is 17.1 Å². The van der Waals surface area contributed by atoms with Crippen LogP contribution in [0, 0.1) is 11.3 Å². The number of aliphatic hydroxyl groups excluding tert-OH is 1. The highest BCUT2D eigenvalue weighted by Gasteiger charge is 2.41. The summed E-state index contributed by atoms with van der Waals surface area (Å²) in [6, 6.07) is 0. The van der Waals surface area contributed by atoms with Crippen LogP contribution in [0.1, 0.15) is 59.3 Å². The molecule has 19 heavy (non-hydrogen) atoms. The summed E-state index contributed by atoms with van der Waals surface area (Å²) in [4.78, 5) is 12.6. The van der Waals surface area contributed by atoms with Gasteiger partial charge in [0.25, 0.3) is 0 Å². The zero-order valence-electron chi connectivity index (χ0n) is 12.7. The lowest BCUT2D eigenvalue weighted by Gasteiger charge is -2.40. The van der Waals surface area contributed by atoms with Gasteiger partial charge in [0.2, 0.25) is 5.91 Å². The third-order valence-corrected chi connectivity index (χ3v) is 4.96. The maximum atomic E-state index is 12.6. The van der Waals surface area contributed by atoms with E-state index in [0.29, 0.717) is 18.9 Å². The molecule has 112 valence electrons. The van der Waals surface area contributed by atoms with E-state index in [2.05, 4.69) is 12.2 Å². The van der Waals surface area contributed by atoms with Gasteiger partial charge in [-0.25, -0.2) is 0 Å². The van der Waals surface area contributed by atoms with Gasteiger partial charge in [-0.15, -0.1) is 0 Å². The summed E-state index contributed by atoms with van der Waals surface area (Å²) in [5.41, 5.74) is 5.20. The van der Waals surface area contributed by atoms with Crippen LogP contribution in [0.3, 0.4) is 0 Å². The van der Waals surface area contributed by atoms with Crippen LogP contribution in [-0.4, -0.2) is 29.7 Å². The zero-order valence-corrected chi connectivity index (χ0v) is 12.7. The highest BCUT2D eigenvalue weighted by atomic mass is 16.3. The smallest absolute Gasteiger partial charge is 0.227 e. The topological polar surface area (TPSA) is 75.3 Å². The van der Waals surface area contributed by atoms with Crippen LogP contribution in [0.4, 0.5) is 0 Å². The summed E-state index contributed by atoms with van der Waals surface area (Å²) >= 11 is 0. The molecule has 1 aliphatic rings. The number of amides is 1. The fourth-order valence-corrected chi connectivity index (χ4v) is 2.82. The first-order valence-corrected chi connectivity index (χ1v) is 7.55. The zero-order chi connectivity index (χ0) is 14.5. The molecule has 0 aliphatic heterocycles. The van der Waals surface area contributed by atoms with Gasteiger partial charge in [-0.3, -0.25) is 4.79 Å². The Bertz CT molecular complexity index is 299. The van der Waals surface area contributed by atoms with E-state index in [0.717, 1.165) is 32.1 Å². The Morgan fingerprint density at radius 2 is 2.05 bits per heavy atom. The lowest BCUT2D eigenvalue weighted by Crippen LogP contribution is -2.55. The molecule has 0 bridgehead atoms. The van der Waals surface area contributed by atoms with Crippen molar-refractivity contribution in [1.29, 1.82) is 0 Å². The average Bonchev–Trinajstić information content (AvgIpc) is 2.40. The van der Waals surface area contributed by atoms with Crippen LogP contribution in [0.2, 0.25) is 0 Å². The lowest BCUT2D eigenvalue weighted by atomic mass is 9.70. The van der Waals surface area contributed by atoms with Crippen molar-refractivity contribution in [1.82, 2.24) is 5.32 Å². The molecule has 1 fully saturated rings. The Hall–Kier alpha value is -0.610. The van der Waals surface area contributed by atoms with Crippen LogP contribution >= 0.6 is 0 Å². The van der Waals surface area contributed by atoms with Crippen LogP contribution in [0.5, 0.6) is 0 Å². The van der Waals surface area contributed by atoms with E-state index in [1.807, 2.05) is 13.8 Å². The number of carbonyl (C=O) groups excluding carboxylic acids is 1. The molecule has 0 radical (unpaired) electrons. The van der Waals surface area contributed by atoms with Crippen LogP contribution in [-0.2, 0) is 4.79 Å². The van der Waals surface area contributed by atoms with E-state index in [1.165, 1.54) is 0 Å². The molecule has 0 aromatic carbocycles. The van der Waals surface area contributed by atoms with Crippen molar-refractivity contribution in [2.45, 2.75) is 64.8 Å². The molecule has 0 aromatic rings. The quantitative estimate of drug-likeness (QED) is 0.689. The Kier molecular flexibility index (Phi) is 5.81. The van der Waals surface area contributed by atoms with Gasteiger partial charge in [0.1, 0.15) is 0 Å². The summed E-state index contributed by atoms with van der Waals surface area (Å²) in [7, 11) is 0. The minimum atomic E-state index is -0.390. The minimum absolute atomic E-state index is 0.0831. The largest absolute Gasteiger partial charge is 0.396 e. The van der Waals surface area contributed by atoms with Gasteiger partial charge in [0.05, 0.1) is 5.41 Å². The van der Waals surface area contributed by atoms with E-state index >= 15 is 0 Å². The highest BCUT2D eigenvalue weighted by Crippen LogP contribution is 2.38. The average molecular weight is 270 g/mol. The van der Waals surface area contributed by atoms with E-state index in [-0.39, 0.29) is 18.1 Å². The third kappa shape index (κ3) is 3.93. The Labute approximate surface area is 117 Å². The van der Waals surface area contributed by atoms with Crippen molar-refractivity contribution in [3.8, 4) is 0 Å². The van der Waals surface area contributed by atoms with Gasteiger partial charge < -0.3 is 16.2 Å². The molecule has 1 aliphatic carbocycles. The number of carbonyl (C=O) groups is 1. The van der Waals surface area contributed by atoms with E-state index in [1.54, 1.807) is 0 Å². The van der Waals surface area contributed by atoms with Crippen LogP contribution in [0.15, 0.2) is 0 Å². The van der Waals surface area contributed by atoms with Crippen molar-refractivity contribution >= 4 is 5.91 Å². The predicted molar refractivity (Wildman–Crippen MR) is 77.7 cm³/mol. The fourth-order valence-electron chi connectivity index (χ4n) is 2.82. The van der Waals surface area contributed by atoms with Gasteiger partial charge in [0.15, 0.2) is 0 Å². The van der Waals surface area contributed by atoms with Gasteiger partial charge in [-0.2, -0.15) is 0 Å². The van der Waals surface area contributed by atoms with E-state index < -0.39 is 5.41 Å². The van der Waals surface area contributed by atoms with Crippen molar-refractivity contribution < 1.29 is 9.90 Å². The molecular weight excluding hydrogens is 240 g/mol. The summed E-state index contributed by atoms with van der Waals surface area (Å²) < 4.78 is 0. The molecule has 0 saturated heterocycles. The van der Waals surface area contributed by atoms with Gasteiger partial charge >= 0.3 is 0 Å². The molecule has 1 atom stereocenters. The molecule has 1 rings (SSSR count). The number of nitrogens with two attached hydrogens (primary N) is 1. The minimum Gasteiger partial charge on any atom is -0.396 e. The molecular formula is C15H30N2O2. The predicted octanol–water partition coefficient (Wildman–Crippen LogP) is 1.81. The maximum Gasteiger partial charge on any atom is 0.227 e. The number of nitrogens with one attached hydrogen (secondary N) is 1. The first-order chi connectivity index (χ1) is 8.91. The lowest BCUT2D eigenvalue weighted by molar-refractivity contribution is -0.135. The number of aliphatic hydroxyl groups is 1. The summed E-state index contributed by atoms with van der Waals surface area (Å²) in [6.45, 7) is 6.78. The molecule has 1 amide bonds. The monoisotopic (exact) mass is 270 g/mol. The van der Waals surface area contributed by atoms with Gasteiger partial charge in [0, 0.05) is 18.7 Å². The van der Waals surface area contributed by atoms with Crippen LogP contribution < -0.4 is 11.1 Å². The van der Waals surface area contributed by atoms with Crippen molar-refractivity contribution in [2.75, 3.05) is 13.2 Å². The SMILES string of the molecule is CCC(C)(CCO)NC(=O)C1(CN)CCC(C)CC1. The van der Waals surface area contributed by atoms with E-state index in [9.17, 15) is 4.79 Å². The number of hydrogen-bond acceptors (Lipinski definition) is 3. The number of hydrogen-bond donors (Lipinski definition) is 3.